The molecule has 0 amide bonds. The molecule has 3 rings (SSSR count). The summed E-state index contributed by atoms with van der Waals surface area (Å²) in [5, 5.41) is 0. The number of ether oxygens (including phenoxy) is 5. The van der Waals surface area contributed by atoms with Crippen LogP contribution in [-0.4, -0.2) is 55.9 Å². The third kappa shape index (κ3) is 11.9. The average molecular weight is 640 g/mol. The first kappa shape index (κ1) is 34.5. The number of esters is 1. The van der Waals surface area contributed by atoms with Gasteiger partial charge in [-0.25, -0.2) is 0 Å². The lowest BCUT2D eigenvalue weighted by atomic mass is 9.81. The van der Waals surface area contributed by atoms with Gasteiger partial charge in [-0.3, -0.25) is 4.79 Å². The summed E-state index contributed by atoms with van der Waals surface area (Å²) in [6.45, 7) is 10.5. The second-order valence-electron chi connectivity index (χ2n) is 12.9. The molecule has 2 heterocycles. The highest BCUT2D eigenvalue weighted by atomic mass is 79.9. The Balaban J connectivity index is 1.77. The molecule has 6 nitrogen and oxygen atoms in total. The van der Waals surface area contributed by atoms with E-state index in [0.717, 1.165) is 83.8 Å². The number of methoxy groups -OCH3 is 1. The molecule has 2 unspecified atom stereocenters. The predicted octanol–water partition coefficient (Wildman–Crippen LogP) is 8.44. The maximum Gasteiger partial charge on any atom is 0.305 e. The van der Waals surface area contributed by atoms with E-state index in [1.165, 1.54) is 12.7 Å². The van der Waals surface area contributed by atoms with Crippen LogP contribution in [0.5, 0.6) is 0 Å². The molecule has 0 radical (unpaired) electrons. The molecule has 2 saturated heterocycles. The first-order valence-corrected chi connectivity index (χ1v) is 16.8. The Hall–Kier alpha value is -0.990. The van der Waals surface area contributed by atoms with Crippen LogP contribution >= 0.6 is 15.9 Å². The highest BCUT2D eigenvalue weighted by Gasteiger charge is 2.42. The number of halogens is 1. The van der Waals surface area contributed by atoms with Crippen LogP contribution in [0.4, 0.5) is 0 Å². The number of hydrogen-bond donors (Lipinski definition) is 0. The van der Waals surface area contributed by atoms with Crippen LogP contribution in [0.1, 0.15) is 105 Å². The van der Waals surface area contributed by atoms with Crippen LogP contribution in [0, 0.1) is 17.3 Å². The van der Waals surface area contributed by atoms with Crippen LogP contribution in [-0.2, 0) is 28.5 Å². The lowest BCUT2D eigenvalue weighted by Gasteiger charge is -2.36. The Morgan fingerprint density at radius 2 is 1.76 bits per heavy atom. The molecule has 41 heavy (non-hydrogen) atoms. The standard InChI is InChI=1S/C34H55BrO6/c1-25(2)20-21-34(3,4)30(41-33-17-11-13-23-39-33)19-18-27-26(14-8-6-7-9-15-31(36)37-5)28(35)24-29(27)40-32-16-10-12-22-38-32/h6,8,18-20,26-30,32-33H,7,9-17,21-24H2,1-5H3/b8-6-,19-18+/t26-,27-,28+,29-,30-,32?,33?/m1/s1. The van der Waals surface area contributed by atoms with Crippen molar-refractivity contribution in [3.8, 4) is 0 Å². The van der Waals surface area contributed by atoms with Gasteiger partial charge in [0.05, 0.1) is 19.3 Å². The molecule has 0 aromatic rings. The zero-order valence-electron chi connectivity index (χ0n) is 26.2. The molecule has 0 N–H and O–H groups in total. The van der Waals surface area contributed by atoms with Crippen molar-refractivity contribution in [3.05, 3.63) is 36.0 Å². The van der Waals surface area contributed by atoms with E-state index in [9.17, 15) is 4.79 Å². The number of carbonyl (C=O) groups excluding carboxylic acids is 1. The molecule has 3 fully saturated rings. The predicted molar refractivity (Wildman–Crippen MR) is 168 cm³/mol. The minimum atomic E-state index is -0.150. The van der Waals surface area contributed by atoms with Crippen LogP contribution in [0.25, 0.3) is 0 Å². The Morgan fingerprint density at radius 1 is 1.05 bits per heavy atom. The fraction of sp³-hybridized carbons (Fsp3) is 0.794. The normalized spacial score (nSPS) is 30.1. The van der Waals surface area contributed by atoms with Crippen molar-refractivity contribution < 1.29 is 28.5 Å². The Bertz CT molecular complexity index is 851. The van der Waals surface area contributed by atoms with Crippen LogP contribution in [0.3, 0.4) is 0 Å². The smallest absolute Gasteiger partial charge is 0.305 e. The second-order valence-corrected chi connectivity index (χ2v) is 14.0. The van der Waals surface area contributed by atoms with E-state index in [1.807, 2.05) is 0 Å². The lowest BCUT2D eigenvalue weighted by molar-refractivity contribution is -0.197. The van der Waals surface area contributed by atoms with Gasteiger partial charge in [0.15, 0.2) is 12.6 Å². The van der Waals surface area contributed by atoms with Gasteiger partial charge < -0.3 is 23.7 Å². The quantitative estimate of drug-likeness (QED) is 0.0776. The fourth-order valence-corrected chi connectivity index (χ4v) is 6.86. The highest BCUT2D eigenvalue weighted by Crippen LogP contribution is 2.43. The summed E-state index contributed by atoms with van der Waals surface area (Å²) in [5.41, 5.74) is 1.24. The van der Waals surface area contributed by atoms with Gasteiger partial charge in [-0.1, -0.05) is 65.7 Å². The molecule has 0 aromatic carbocycles. The summed E-state index contributed by atoms with van der Waals surface area (Å²) in [6, 6.07) is 0. The molecule has 234 valence electrons. The summed E-state index contributed by atoms with van der Waals surface area (Å²) < 4.78 is 30.1. The van der Waals surface area contributed by atoms with Gasteiger partial charge in [0.1, 0.15) is 0 Å². The number of hydrogen-bond acceptors (Lipinski definition) is 6. The van der Waals surface area contributed by atoms with Gasteiger partial charge in [-0.15, -0.1) is 0 Å². The molecule has 3 aliphatic rings. The molecule has 0 aromatic heterocycles. The van der Waals surface area contributed by atoms with Gasteiger partial charge in [0.25, 0.3) is 0 Å². The van der Waals surface area contributed by atoms with Crippen LogP contribution in [0.15, 0.2) is 36.0 Å². The van der Waals surface area contributed by atoms with E-state index in [0.29, 0.717) is 17.2 Å². The first-order valence-electron chi connectivity index (χ1n) is 15.9. The average Bonchev–Trinajstić information content (AvgIpc) is 3.25. The third-order valence-corrected chi connectivity index (χ3v) is 9.67. The van der Waals surface area contributed by atoms with E-state index in [1.54, 1.807) is 0 Å². The molecule has 0 spiro atoms. The number of allylic oxidation sites excluding steroid dienone is 4. The summed E-state index contributed by atoms with van der Waals surface area (Å²) in [7, 11) is 1.44. The summed E-state index contributed by atoms with van der Waals surface area (Å²) in [4.78, 5) is 11.8. The number of carbonyl (C=O) groups is 1. The van der Waals surface area contributed by atoms with Crippen LogP contribution < -0.4 is 0 Å². The largest absolute Gasteiger partial charge is 0.469 e. The molecular formula is C34H55BrO6. The molecule has 1 saturated carbocycles. The molecule has 1 aliphatic carbocycles. The lowest BCUT2D eigenvalue weighted by Crippen LogP contribution is -2.36. The van der Waals surface area contributed by atoms with Crippen molar-refractivity contribution in [2.24, 2.45) is 17.3 Å². The summed E-state index contributed by atoms with van der Waals surface area (Å²) in [5.74, 6) is 0.485. The van der Waals surface area contributed by atoms with Crippen molar-refractivity contribution >= 4 is 21.9 Å². The molecule has 0 bridgehead atoms. The fourth-order valence-electron chi connectivity index (χ4n) is 5.92. The number of rotatable bonds is 15. The molecule has 2 aliphatic heterocycles. The Labute approximate surface area is 257 Å². The first-order chi connectivity index (χ1) is 19.7. The summed E-state index contributed by atoms with van der Waals surface area (Å²) in [6.07, 6.45) is 22.7. The van der Waals surface area contributed by atoms with Gasteiger partial charge >= 0.3 is 5.97 Å². The highest BCUT2D eigenvalue weighted by molar-refractivity contribution is 9.09. The Kier molecular flexibility index (Phi) is 15.1. The molecule has 7 atom stereocenters. The van der Waals surface area contributed by atoms with E-state index < -0.39 is 0 Å². The van der Waals surface area contributed by atoms with Crippen molar-refractivity contribution in [1.82, 2.24) is 0 Å². The Morgan fingerprint density at radius 3 is 2.39 bits per heavy atom. The van der Waals surface area contributed by atoms with Crippen LogP contribution in [0.2, 0.25) is 0 Å². The minimum absolute atomic E-state index is 0.0725. The van der Waals surface area contributed by atoms with Gasteiger partial charge in [-0.05, 0) is 95.8 Å². The van der Waals surface area contributed by atoms with E-state index in [2.05, 4.69) is 74.0 Å². The minimum Gasteiger partial charge on any atom is -0.469 e. The SMILES string of the molecule is COC(=O)CCC/C=C\C[C@@H]1[C@@H](/C=C/[C@@H](OC2CCCCO2)C(C)(C)CC=C(C)C)[C@H](OC2CCCCO2)C[C@@H]1Br. The monoisotopic (exact) mass is 638 g/mol. The van der Waals surface area contributed by atoms with E-state index in [-0.39, 0.29) is 42.1 Å². The zero-order valence-corrected chi connectivity index (χ0v) is 27.7. The maximum absolute atomic E-state index is 11.4. The van der Waals surface area contributed by atoms with Gasteiger partial charge in [-0.2, -0.15) is 0 Å². The van der Waals surface area contributed by atoms with E-state index >= 15 is 0 Å². The van der Waals surface area contributed by atoms with Crippen molar-refractivity contribution in [3.63, 3.8) is 0 Å². The van der Waals surface area contributed by atoms with Gasteiger partial charge in [0.2, 0.25) is 0 Å². The second kappa shape index (κ2) is 18.0. The topological polar surface area (TPSA) is 63.2 Å². The maximum atomic E-state index is 11.4. The number of alkyl halides is 1. The molecular weight excluding hydrogens is 584 g/mol. The zero-order chi connectivity index (χ0) is 29.7. The molecule has 7 heteroatoms. The third-order valence-electron chi connectivity index (χ3n) is 8.62. The number of unbranched alkanes of at least 4 members (excludes halogenated alkanes) is 1. The van der Waals surface area contributed by atoms with Crippen molar-refractivity contribution in [2.45, 2.75) is 134 Å². The van der Waals surface area contributed by atoms with Crippen molar-refractivity contribution in [2.75, 3.05) is 20.3 Å². The summed E-state index contributed by atoms with van der Waals surface area (Å²) >= 11 is 4.02. The van der Waals surface area contributed by atoms with E-state index in [4.69, 9.17) is 23.7 Å². The van der Waals surface area contributed by atoms with Crippen molar-refractivity contribution in [1.29, 1.82) is 0 Å². The van der Waals surface area contributed by atoms with Gasteiger partial charge in [0, 0.05) is 30.4 Å².